The molecule has 1 aliphatic rings. The van der Waals surface area contributed by atoms with E-state index >= 15 is 0 Å². The van der Waals surface area contributed by atoms with Gasteiger partial charge >= 0.3 is 11.8 Å². The molecule has 1 aliphatic heterocycles. The highest BCUT2D eigenvalue weighted by molar-refractivity contribution is 6.35. The zero-order valence-corrected chi connectivity index (χ0v) is 18.2. The maximum atomic E-state index is 13.2. The molecule has 2 aromatic carbocycles. The fourth-order valence-electron chi connectivity index (χ4n) is 2.91. The van der Waals surface area contributed by atoms with E-state index < -0.39 is 23.5 Å². The minimum atomic E-state index is -0.894. The number of benzene rings is 2. The third-order valence-electron chi connectivity index (χ3n) is 4.53. The zero-order valence-electron chi connectivity index (χ0n) is 17.5. The molecular weight excluding hydrogens is 455 g/mol. The third kappa shape index (κ3) is 7.85. The van der Waals surface area contributed by atoms with Gasteiger partial charge in [0, 0.05) is 18.8 Å². The lowest BCUT2D eigenvalue weighted by molar-refractivity contribution is -0.139. The van der Waals surface area contributed by atoms with Crippen LogP contribution in [-0.2, 0) is 19.1 Å². The van der Waals surface area contributed by atoms with Crippen LogP contribution in [0.15, 0.2) is 47.6 Å². The summed E-state index contributed by atoms with van der Waals surface area (Å²) in [6.45, 7) is 0.641. The Kier molecular flexibility index (Phi) is 8.73. The summed E-state index contributed by atoms with van der Waals surface area (Å²) in [7, 11) is 0. The van der Waals surface area contributed by atoms with Crippen LogP contribution in [0.4, 0.5) is 10.1 Å². The smallest absolute Gasteiger partial charge is 0.329 e. The molecule has 3 amide bonds. The molecule has 11 heteroatoms. The Morgan fingerprint density at radius 3 is 2.82 bits per heavy atom. The number of amides is 3. The summed E-state index contributed by atoms with van der Waals surface area (Å²) in [5, 5.41) is 8.70. The van der Waals surface area contributed by atoms with Crippen LogP contribution in [0.2, 0.25) is 5.02 Å². The van der Waals surface area contributed by atoms with Gasteiger partial charge in [-0.15, -0.1) is 0 Å². The second-order valence-corrected chi connectivity index (χ2v) is 7.49. The highest BCUT2D eigenvalue weighted by Crippen LogP contribution is 2.19. The number of halogens is 2. The first-order chi connectivity index (χ1) is 15.9. The van der Waals surface area contributed by atoms with Crippen molar-refractivity contribution in [1.82, 2.24) is 10.7 Å². The number of hydrogen-bond acceptors (Lipinski definition) is 6. The first kappa shape index (κ1) is 24.1. The van der Waals surface area contributed by atoms with Crippen molar-refractivity contribution in [2.75, 3.05) is 25.1 Å². The molecule has 3 rings (SSSR count). The van der Waals surface area contributed by atoms with Crippen LogP contribution in [0.5, 0.6) is 5.75 Å². The molecular formula is C22H22ClFN4O5. The monoisotopic (exact) mass is 476 g/mol. The van der Waals surface area contributed by atoms with Gasteiger partial charge in [-0.3, -0.25) is 14.4 Å². The third-order valence-corrected chi connectivity index (χ3v) is 4.82. The van der Waals surface area contributed by atoms with E-state index in [1.54, 1.807) is 24.3 Å². The Labute approximate surface area is 194 Å². The molecule has 1 atom stereocenters. The molecule has 1 heterocycles. The summed E-state index contributed by atoms with van der Waals surface area (Å²) in [6.07, 6.45) is 3.05. The van der Waals surface area contributed by atoms with E-state index in [2.05, 4.69) is 21.2 Å². The number of carbonyl (C=O) groups excluding carboxylic acids is 3. The van der Waals surface area contributed by atoms with E-state index in [9.17, 15) is 18.8 Å². The summed E-state index contributed by atoms with van der Waals surface area (Å²) in [4.78, 5) is 35.6. The number of hydrogen-bond donors (Lipinski definition) is 3. The van der Waals surface area contributed by atoms with Crippen molar-refractivity contribution in [3.8, 4) is 5.75 Å². The summed E-state index contributed by atoms with van der Waals surface area (Å²) < 4.78 is 24.0. The summed E-state index contributed by atoms with van der Waals surface area (Å²) >= 11 is 5.69. The Morgan fingerprint density at radius 1 is 1.21 bits per heavy atom. The van der Waals surface area contributed by atoms with Crippen molar-refractivity contribution in [3.63, 3.8) is 0 Å². The van der Waals surface area contributed by atoms with E-state index in [-0.39, 0.29) is 24.3 Å². The van der Waals surface area contributed by atoms with Crippen molar-refractivity contribution >= 4 is 41.2 Å². The molecule has 3 N–H and O–H groups in total. The van der Waals surface area contributed by atoms with Gasteiger partial charge in [0.25, 0.3) is 5.91 Å². The van der Waals surface area contributed by atoms with Crippen LogP contribution >= 0.6 is 11.6 Å². The van der Waals surface area contributed by atoms with Gasteiger partial charge in [-0.2, -0.15) is 5.10 Å². The van der Waals surface area contributed by atoms with Crippen LogP contribution in [0.3, 0.4) is 0 Å². The van der Waals surface area contributed by atoms with Gasteiger partial charge in [-0.25, -0.2) is 9.82 Å². The average molecular weight is 477 g/mol. The fourth-order valence-corrected chi connectivity index (χ4v) is 3.09. The minimum absolute atomic E-state index is 0.0661. The first-order valence-corrected chi connectivity index (χ1v) is 10.5. The molecule has 0 saturated carbocycles. The lowest BCUT2D eigenvalue weighted by atomic mass is 10.2. The molecule has 0 radical (unpaired) electrons. The number of nitrogens with zero attached hydrogens (tertiary/aromatic N) is 1. The molecule has 174 valence electrons. The number of anilines is 1. The first-order valence-electron chi connectivity index (χ1n) is 10.1. The number of rotatable bonds is 8. The number of nitrogens with one attached hydrogen (secondary N) is 3. The maximum absolute atomic E-state index is 13.2. The second-order valence-electron chi connectivity index (χ2n) is 7.08. The molecule has 0 aromatic heterocycles. The number of hydrazone groups is 1. The Bertz CT molecular complexity index is 1040. The van der Waals surface area contributed by atoms with E-state index in [0.29, 0.717) is 23.6 Å². The van der Waals surface area contributed by atoms with Crippen molar-refractivity contribution in [3.05, 3.63) is 58.9 Å². The number of ether oxygens (including phenoxy) is 2. The maximum Gasteiger partial charge on any atom is 0.329 e. The molecule has 0 unspecified atom stereocenters. The Balaban J connectivity index is 1.43. The minimum Gasteiger partial charge on any atom is -0.484 e. The average Bonchev–Trinajstić information content (AvgIpc) is 3.32. The number of carbonyl (C=O) groups is 3. The van der Waals surface area contributed by atoms with E-state index in [1.165, 1.54) is 18.3 Å². The molecule has 0 bridgehead atoms. The molecule has 1 fully saturated rings. The lowest BCUT2D eigenvalue weighted by Gasteiger charge is -2.09. The highest BCUT2D eigenvalue weighted by Gasteiger charge is 2.19. The second kappa shape index (κ2) is 11.9. The van der Waals surface area contributed by atoms with Crippen molar-refractivity contribution < 1.29 is 28.2 Å². The topological polar surface area (TPSA) is 118 Å². The van der Waals surface area contributed by atoms with Crippen LogP contribution in [0.1, 0.15) is 18.4 Å². The fraction of sp³-hybridized carbons (Fsp3) is 0.273. The van der Waals surface area contributed by atoms with Crippen LogP contribution in [0, 0.1) is 5.82 Å². The summed E-state index contributed by atoms with van der Waals surface area (Å²) in [6, 6.07) is 10.4. The molecule has 9 nitrogen and oxygen atoms in total. The van der Waals surface area contributed by atoms with E-state index in [4.69, 9.17) is 21.1 Å². The van der Waals surface area contributed by atoms with Gasteiger partial charge in [0.05, 0.1) is 17.3 Å². The molecule has 1 saturated heterocycles. The summed E-state index contributed by atoms with van der Waals surface area (Å²) in [5.74, 6) is -2.35. The zero-order chi connectivity index (χ0) is 23.6. The largest absolute Gasteiger partial charge is 0.484 e. The van der Waals surface area contributed by atoms with Gasteiger partial charge < -0.3 is 20.1 Å². The quantitative estimate of drug-likeness (QED) is 0.307. The van der Waals surface area contributed by atoms with Crippen molar-refractivity contribution in [1.29, 1.82) is 0 Å². The van der Waals surface area contributed by atoms with E-state index in [0.717, 1.165) is 18.9 Å². The van der Waals surface area contributed by atoms with Gasteiger partial charge in [-0.05, 0) is 48.7 Å². The highest BCUT2D eigenvalue weighted by atomic mass is 35.5. The Morgan fingerprint density at radius 2 is 2.06 bits per heavy atom. The lowest BCUT2D eigenvalue weighted by Crippen LogP contribution is -2.41. The van der Waals surface area contributed by atoms with Crippen molar-refractivity contribution in [2.24, 2.45) is 5.10 Å². The van der Waals surface area contributed by atoms with Gasteiger partial charge in [0.15, 0.2) is 6.61 Å². The van der Waals surface area contributed by atoms with Gasteiger partial charge in [0.1, 0.15) is 11.6 Å². The normalized spacial score (nSPS) is 15.3. The van der Waals surface area contributed by atoms with Gasteiger partial charge in [-0.1, -0.05) is 23.7 Å². The predicted octanol–water partition coefficient (Wildman–Crippen LogP) is 2.24. The molecule has 0 aliphatic carbocycles. The van der Waals surface area contributed by atoms with E-state index in [1.807, 2.05) is 0 Å². The molecule has 33 heavy (non-hydrogen) atoms. The SMILES string of the molecule is O=C(COc1cccc(/C=N\NC(=O)C(=O)NC[C@H]2CCCO2)c1)Nc1ccc(F)c(Cl)c1. The molecule has 2 aromatic rings. The molecule has 0 spiro atoms. The van der Waals surface area contributed by atoms with Crippen LogP contribution in [0.25, 0.3) is 0 Å². The van der Waals surface area contributed by atoms with Gasteiger partial charge in [0.2, 0.25) is 0 Å². The summed E-state index contributed by atoms with van der Waals surface area (Å²) in [5.41, 5.74) is 3.05. The van der Waals surface area contributed by atoms with Crippen LogP contribution < -0.4 is 20.8 Å². The predicted molar refractivity (Wildman–Crippen MR) is 120 cm³/mol. The standard InChI is InChI=1S/C22H22ClFN4O5/c23-18-10-15(6-7-19(18)24)27-20(29)13-33-16-4-1-3-14(9-16)11-26-28-22(31)21(30)25-12-17-5-2-8-32-17/h1,3-4,6-7,9-11,17H,2,5,8,12-13H2,(H,25,30)(H,27,29)(H,28,31)/b26-11-/t17-/m1/s1. The van der Waals surface area contributed by atoms with Crippen molar-refractivity contribution in [2.45, 2.75) is 18.9 Å². The Hall–Kier alpha value is -3.50. The van der Waals surface area contributed by atoms with Crippen LogP contribution in [-0.4, -0.2) is 49.8 Å².